The number of rotatable bonds is 4. The molecule has 0 amide bonds. The number of aromatic nitrogens is 3. The Morgan fingerprint density at radius 3 is 2.59 bits per heavy atom. The van der Waals surface area contributed by atoms with E-state index in [-0.39, 0.29) is 24.0 Å². The van der Waals surface area contributed by atoms with Crippen LogP contribution in [0.1, 0.15) is 11.4 Å². The van der Waals surface area contributed by atoms with Gasteiger partial charge in [-0.15, -0.1) is 34.2 Å². The summed E-state index contributed by atoms with van der Waals surface area (Å²) in [5.41, 5.74) is 1.17. The van der Waals surface area contributed by atoms with Crippen molar-refractivity contribution in [2.24, 2.45) is 12.0 Å². The van der Waals surface area contributed by atoms with E-state index in [4.69, 9.17) is 11.6 Å². The van der Waals surface area contributed by atoms with E-state index < -0.39 is 0 Å². The van der Waals surface area contributed by atoms with Gasteiger partial charge in [0.1, 0.15) is 6.33 Å². The minimum Gasteiger partial charge on any atom is -0.349 e. The van der Waals surface area contributed by atoms with Crippen molar-refractivity contribution >= 4 is 41.5 Å². The van der Waals surface area contributed by atoms with Gasteiger partial charge in [-0.3, -0.25) is 4.99 Å². The molecule has 0 saturated carbocycles. The highest BCUT2D eigenvalue weighted by Gasteiger charge is 2.08. The van der Waals surface area contributed by atoms with Crippen molar-refractivity contribution in [1.29, 1.82) is 0 Å². The summed E-state index contributed by atoms with van der Waals surface area (Å²) in [6.45, 7) is 1.32. The van der Waals surface area contributed by atoms with E-state index >= 15 is 0 Å². The lowest BCUT2D eigenvalue weighted by Crippen LogP contribution is -2.38. The number of benzene rings is 1. The van der Waals surface area contributed by atoms with Crippen molar-refractivity contribution < 1.29 is 0 Å². The molecule has 0 fully saturated rings. The molecule has 1 N–H and O–H groups in total. The highest BCUT2D eigenvalue weighted by molar-refractivity contribution is 14.0. The maximum atomic E-state index is 5.89. The first-order valence-electron chi connectivity index (χ1n) is 6.59. The maximum Gasteiger partial charge on any atom is 0.194 e. The molecule has 1 aromatic heterocycles. The summed E-state index contributed by atoms with van der Waals surface area (Å²) in [5, 5.41) is 11.9. The molecule has 1 aromatic carbocycles. The Morgan fingerprint density at radius 1 is 1.36 bits per heavy atom. The third-order valence-electron chi connectivity index (χ3n) is 3.12. The number of aliphatic imine (C=N–C) groups is 1. The first-order valence-corrected chi connectivity index (χ1v) is 6.97. The van der Waals surface area contributed by atoms with Gasteiger partial charge in [0.05, 0.1) is 6.54 Å². The van der Waals surface area contributed by atoms with Crippen molar-refractivity contribution in [1.82, 2.24) is 25.0 Å². The number of nitrogens with one attached hydrogen (secondary N) is 1. The van der Waals surface area contributed by atoms with Crippen LogP contribution in [0.5, 0.6) is 0 Å². The number of hydrogen-bond acceptors (Lipinski definition) is 3. The topological polar surface area (TPSA) is 58.3 Å². The van der Waals surface area contributed by atoms with E-state index in [0.717, 1.165) is 23.4 Å². The monoisotopic (exact) mass is 434 g/mol. The molecule has 6 nitrogen and oxygen atoms in total. The average Bonchev–Trinajstić information content (AvgIpc) is 2.88. The smallest absolute Gasteiger partial charge is 0.194 e. The minimum atomic E-state index is 0. The van der Waals surface area contributed by atoms with Crippen LogP contribution >= 0.6 is 35.6 Å². The third kappa shape index (κ3) is 5.13. The first-order chi connectivity index (χ1) is 10.1. The second-order valence-corrected chi connectivity index (χ2v) is 5.18. The molecule has 0 aliphatic heterocycles. The lowest BCUT2D eigenvalue weighted by molar-refractivity contribution is 0.474. The highest BCUT2D eigenvalue weighted by Crippen LogP contribution is 2.11. The van der Waals surface area contributed by atoms with Crippen molar-refractivity contribution in [2.45, 2.75) is 13.1 Å². The standard InChI is InChI=1S/C14H19ClN6.HI/c1-16-14(17-8-13-19-18-10-21(13)3)20(2)9-11-4-6-12(15)7-5-11;/h4-7,10H,8-9H2,1-3H3,(H,16,17);1H. The van der Waals surface area contributed by atoms with Crippen LogP contribution in [0.2, 0.25) is 5.02 Å². The Balaban J connectivity index is 0.00000242. The van der Waals surface area contributed by atoms with Crippen LogP contribution < -0.4 is 5.32 Å². The lowest BCUT2D eigenvalue weighted by atomic mass is 10.2. The van der Waals surface area contributed by atoms with Gasteiger partial charge in [-0.2, -0.15) is 0 Å². The normalized spacial score (nSPS) is 11.0. The van der Waals surface area contributed by atoms with Gasteiger partial charge in [0, 0.05) is 32.7 Å². The Morgan fingerprint density at radius 2 is 2.05 bits per heavy atom. The van der Waals surface area contributed by atoms with E-state index in [9.17, 15) is 0 Å². The molecule has 22 heavy (non-hydrogen) atoms. The predicted octanol–water partition coefficient (Wildman–Crippen LogP) is 2.29. The third-order valence-corrected chi connectivity index (χ3v) is 3.37. The molecule has 0 aliphatic carbocycles. The molecular weight excluding hydrogens is 415 g/mol. The number of guanidine groups is 1. The van der Waals surface area contributed by atoms with Crippen molar-refractivity contribution in [3.05, 3.63) is 47.0 Å². The van der Waals surface area contributed by atoms with Gasteiger partial charge in [-0.05, 0) is 17.7 Å². The fraction of sp³-hybridized carbons (Fsp3) is 0.357. The molecule has 0 bridgehead atoms. The summed E-state index contributed by atoms with van der Waals surface area (Å²) >= 11 is 5.89. The molecule has 0 radical (unpaired) electrons. The van der Waals surface area contributed by atoms with Gasteiger partial charge in [-0.25, -0.2) is 0 Å². The van der Waals surface area contributed by atoms with Crippen LogP contribution in [-0.4, -0.2) is 39.7 Å². The molecule has 120 valence electrons. The van der Waals surface area contributed by atoms with Crippen LogP contribution in [0.15, 0.2) is 35.6 Å². The maximum absolute atomic E-state index is 5.89. The summed E-state index contributed by atoms with van der Waals surface area (Å²) in [6, 6.07) is 7.80. The fourth-order valence-electron chi connectivity index (χ4n) is 1.95. The molecule has 2 rings (SSSR count). The quantitative estimate of drug-likeness (QED) is 0.456. The van der Waals surface area contributed by atoms with E-state index in [1.807, 2.05) is 47.8 Å². The number of halogens is 2. The summed E-state index contributed by atoms with van der Waals surface area (Å²) in [7, 11) is 5.66. The molecule has 0 saturated heterocycles. The fourth-order valence-corrected chi connectivity index (χ4v) is 2.07. The Bertz CT molecular complexity index is 610. The van der Waals surface area contributed by atoms with Crippen molar-refractivity contribution in [3.63, 3.8) is 0 Å². The molecule has 0 aliphatic rings. The number of aryl methyl sites for hydroxylation is 1. The molecule has 0 unspecified atom stereocenters. The average molecular weight is 435 g/mol. The van der Waals surface area contributed by atoms with Crippen LogP contribution in [0.25, 0.3) is 0 Å². The largest absolute Gasteiger partial charge is 0.349 e. The van der Waals surface area contributed by atoms with Gasteiger partial charge in [-0.1, -0.05) is 23.7 Å². The van der Waals surface area contributed by atoms with Crippen molar-refractivity contribution in [2.75, 3.05) is 14.1 Å². The molecule has 0 atom stereocenters. The Labute approximate surface area is 152 Å². The second-order valence-electron chi connectivity index (χ2n) is 4.74. The Kier molecular flexibility index (Phi) is 7.60. The van der Waals surface area contributed by atoms with Gasteiger partial charge in [0.15, 0.2) is 11.8 Å². The van der Waals surface area contributed by atoms with E-state index in [0.29, 0.717) is 6.54 Å². The van der Waals surface area contributed by atoms with Crippen LogP contribution in [0.4, 0.5) is 0 Å². The zero-order chi connectivity index (χ0) is 15.2. The van der Waals surface area contributed by atoms with Gasteiger partial charge in [0.25, 0.3) is 0 Å². The van der Waals surface area contributed by atoms with E-state index in [2.05, 4.69) is 20.5 Å². The van der Waals surface area contributed by atoms with E-state index in [1.165, 1.54) is 5.56 Å². The summed E-state index contributed by atoms with van der Waals surface area (Å²) in [6.07, 6.45) is 1.68. The minimum absolute atomic E-state index is 0. The SMILES string of the molecule is CN=C(NCc1nncn1C)N(C)Cc1ccc(Cl)cc1.I. The van der Waals surface area contributed by atoms with Crippen molar-refractivity contribution in [3.8, 4) is 0 Å². The summed E-state index contributed by atoms with van der Waals surface area (Å²) in [4.78, 5) is 6.32. The molecule has 8 heteroatoms. The summed E-state index contributed by atoms with van der Waals surface area (Å²) < 4.78 is 1.87. The van der Waals surface area contributed by atoms with Crippen LogP contribution in [0, 0.1) is 0 Å². The molecule has 1 heterocycles. The summed E-state index contributed by atoms with van der Waals surface area (Å²) in [5.74, 6) is 1.66. The van der Waals surface area contributed by atoms with Gasteiger partial charge in [0.2, 0.25) is 0 Å². The molecule has 2 aromatic rings. The van der Waals surface area contributed by atoms with Crippen LogP contribution in [0.3, 0.4) is 0 Å². The predicted molar refractivity (Wildman–Crippen MR) is 99.5 cm³/mol. The zero-order valence-corrected chi connectivity index (χ0v) is 15.9. The molecular formula is C14H20ClIN6. The second kappa shape index (κ2) is 8.94. The number of hydrogen-bond donors (Lipinski definition) is 1. The lowest BCUT2D eigenvalue weighted by Gasteiger charge is -2.22. The first kappa shape index (κ1) is 18.7. The number of nitrogens with zero attached hydrogens (tertiary/aromatic N) is 5. The van der Waals surface area contributed by atoms with Crippen LogP contribution in [-0.2, 0) is 20.1 Å². The Hall–Kier alpha value is -1.35. The van der Waals surface area contributed by atoms with Gasteiger partial charge >= 0.3 is 0 Å². The zero-order valence-electron chi connectivity index (χ0n) is 12.8. The van der Waals surface area contributed by atoms with E-state index in [1.54, 1.807) is 13.4 Å². The molecule has 0 spiro atoms. The van der Waals surface area contributed by atoms with Gasteiger partial charge < -0.3 is 14.8 Å². The highest BCUT2D eigenvalue weighted by atomic mass is 127.